The Hall–Kier alpha value is -0.710. The van der Waals surface area contributed by atoms with E-state index in [4.69, 9.17) is 16.7 Å². The van der Waals surface area contributed by atoms with E-state index in [1.165, 1.54) is 0 Å². The Balaban J connectivity index is 2.83. The summed E-state index contributed by atoms with van der Waals surface area (Å²) < 4.78 is 36.2. The highest BCUT2D eigenvalue weighted by molar-refractivity contribution is 6.30. The van der Waals surface area contributed by atoms with Crippen molar-refractivity contribution < 1.29 is 23.1 Å². The molecular weight excluding hydrogens is 233 g/mol. The molecule has 0 aromatic carbocycles. The lowest BCUT2D eigenvalue weighted by Crippen LogP contribution is -2.07. The molecule has 0 aliphatic heterocycles. The molecule has 0 bridgehead atoms. The number of carboxylic acid groups (broad SMARTS) is 1. The normalized spacial score (nSPS) is 30.1. The molecular formula is C9H10ClF3O2. The fourth-order valence-electron chi connectivity index (χ4n) is 1.71. The Kier molecular flexibility index (Phi) is 2.80. The van der Waals surface area contributed by atoms with Crippen molar-refractivity contribution in [1.82, 2.24) is 0 Å². The first-order chi connectivity index (χ1) is 6.58. The molecule has 1 aliphatic carbocycles. The van der Waals surface area contributed by atoms with Crippen LogP contribution in [0.2, 0.25) is 0 Å². The molecule has 0 amide bonds. The Morgan fingerprint density at radius 1 is 1.47 bits per heavy atom. The largest absolute Gasteiger partial charge is 0.481 e. The fraction of sp³-hybridized carbons (Fsp3) is 0.667. The molecule has 0 spiro atoms. The minimum Gasteiger partial charge on any atom is -0.481 e. The lowest BCUT2D eigenvalue weighted by Gasteiger charge is -2.04. The highest BCUT2D eigenvalue weighted by atomic mass is 35.5. The molecule has 1 fully saturated rings. The van der Waals surface area contributed by atoms with Crippen molar-refractivity contribution in [1.29, 1.82) is 0 Å². The van der Waals surface area contributed by atoms with E-state index < -0.39 is 34.4 Å². The summed E-state index contributed by atoms with van der Waals surface area (Å²) in [6.45, 7) is 3.21. The Labute approximate surface area is 89.7 Å². The molecule has 0 aromatic rings. The number of alkyl halides is 3. The molecule has 0 radical (unpaired) electrons. The van der Waals surface area contributed by atoms with Crippen molar-refractivity contribution in [2.24, 2.45) is 17.3 Å². The number of carboxylic acids is 1. The number of allylic oxidation sites excluding steroid dienone is 2. The zero-order valence-electron chi connectivity index (χ0n) is 8.10. The zero-order chi connectivity index (χ0) is 12.0. The van der Waals surface area contributed by atoms with E-state index in [0.29, 0.717) is 0 Å². The summed E-state index contributed by atoms with van der Waals surface area (Å²) in [4.78, 5) is 10.7. The SMILES string of the molecule is CC1(C)[C@H](/C=C(/Cl)C(F)(F)F)[C@@H]1C(=O)O. The molecule has 0 heterocycles. The van der Waals surface area contributed by atoms with Gasteiger partial charge in [-0.3, -0.25) is 4.79 Å². The lowest BCUT2D eigenvalue weighted by molar-refractivity contribution is -0.139. The van der Waals surface area contributed by atoms with Crippen molar-refractivity contribution in [2.45, 2.75) is 20.0 Å². The predicted molar refractivity (Wildman–Crippen MR) is 48.4 cm³/mol. The standard InChI is InChI=1S/C9H10ClF3O2/c1-8(2)4(6(8)7(14)15)3-5(10)9(11,12)13/h3-4,6H,1-2H3,(H,14,15)/b5-3+/t4-,6-/m1/s1. The number of aliphatic carboxylic acids is 1. The first kappa shape index (κ1) is 12.4. The third-order valence-electron chi connectivity index (χ3n) is 2.77. The van der Waals surface area contributed by atoms with E-state index in [9.17, 15) is 18.0 Å². The van der Waals surface area contributed by atoms with Crippen molar-refractivity contribution in [3.05, 3.63) is 11.1 Å². The number of hydrogen-bond acceptors (Lipinski definition) is 1. The topological polar surface area (TPSA) is 37.3 Å². The molecule has 0 saturated heterocycles. The van der Waals surface area contributed by atoms with E-state index >= 15 is 0 Å². The van der Waals surface area contributed by atoms with Gasteiger partial charge in [-0.2, -0.15) is 13.2 Å². The van der Waals surface area contributed by atoms with Crippen LogP contribution >= 0.6 is 11.6 Å². The highest BCUT2D eigenvalue weighted by Crippen LogP contribution is 2.60. The minimum absolute atomic E-state index is 0.649. The molecule has 2 nitrogen and oxygen atoms in total. The minimum atomic E-state index is -4.59. The third-order valence-corrected chi connectivity index (χ3v) is 3.11. The first-order valence-corrected chi connectivity index (χ1v) is 4.63. The van der Waals surface area contributed by atoms with E-state index in [1.54, 1.807) is 13.8 Å². The van der Waals surface area contributed by atoms with Crippen LogP contribution < -0.4 is 0 Å². The van der Waals surface area contributed by atoms with Gasteiger partial charge in [0.1, 0.15) is 5.03 Å². The number of hydrogen-bond donors (Lipinski definition) is 1. The van der Waals surface area contributed by atoms with Crippen LogP contribution in [0.15, 0.2) is 11.1 Å². The van der Waals surface area contributed by atoms with Crippen molar-refractivity contribution in [3.63, 3.8) is 0 Å². The van der Waals surface area contributed by atoms with Crippen LogP contribution in [0.3, 0.4) is 0 Å². The van der Waals surface area contributed by atoms with Gasteiger partial charge < -0.3 is 5.11 Å². The van der Waals surface area contributed by atoms with E-state index in [1.807, 2.05) is 0 Å². The van der Waals surface area contributed by atoms with Crippen LogP contribution in [0.5, 0.6) is 0 Å². The molecule has 1 N–H and O–H groups in total. The van der Waals surface area contributed by atoms with Gasteiger partial charge in [-0.05, 0) is 11.3 Å². The van der Waals surface area contributed by atoms with Crippen molar-refractivity contribution >= 4 is 17.6 Å². The molecule has 1 saturated carbocycles. The summed E-state index contributed by atoms with van der Waals surface area (Å²) >= 11 is 5.03. The van der Waals surface area contributed by atoms with Crippen molar-refractivity contribution in [3.8, 4) is 0 Å². The van der Waals surface area contributed by atoms with Gasteiger partial charge in [-0.1, -0.05) is 31.5 Å². The average Bonchev–Trinajstić information content (AvgIpc) is 2.50. The van der Waals surface area contributed by atoms with Gasteiger partial charge in [0.2, 0.25) is 0 Å². The average molecular weight is 243 g/mol. The highest BCUT2D eigenvalue weighted by Gasteiger charge is 2.61. The monoisotopic (exact) mass is 242 g/mol. The number of carbonyl (C=O) groups is 1. The molecule has 15 heavy (non-hydrogen) atoms. The van der Waals surface area contributed by atoms with Crippen LogP contribution in [0.25, 0.3) is 0 Å². The molecule has 0 aromatic heterocycles. The quantitative estimate of drug-likeness (QED) is 0.808. The molecule has 86 valence electrons. The van der Waals surface area contributed by atoms with Gasteiger partial charge >= 0.3 is 12.1 Å². The summed E-state index contributed by atoms with van der Waals surface area (Å²) in [5.41, 5.74) is -0.656. The van der Waals surface area contributed by atoms with Crippen LogP contribution in [-0.2, 0) is 4.79 Å². The Morgan fingerprint density at radius 2 is 1.93 bits per heavy atom. The van der Waals surface area contributed by atoms with Crippen LogP contribution in [-0.4, -0.2) is 17.3 Å². The molecule has 2 atom stereocenters. The number of halogens is 4. The summed E-state index contributed by atoms with van der Waals surface area (Å²) in [5, 5.41) is 7.48. The van der Waals surface area contributed by atoms with Gasteiger partial charge in [0.05, 0.1) is 5.92 Å². The second kappa shape index (κ2) is 3.40. The van der Waals surface area contributed by atoms with Gasteiger partial charge in [0.25, 0.3) is 0 Å². The third kappa shape index (κ3) is 2.27. The van der Waals surface area contributed by atoms with Crippen LogP contribution in [0.1, 0.15) is 13.8 Å². The maximum atomic E-state index is 12.1. The fourth-order valence-corrected chi connectivity index (χ4v) is 1.85. The molecule has 6 heteroatoms. The van der Waals surface area contributed by atoms with E-state index in [2.05, 4.69) is 0 Å². The summed E-state index contributed by atoms with van der Waals surface area (Å²) in [6.07, 6.45) is -3.80. The van der Waals surface area contributed by atoms with E-state index in [-0.39, 0.29) is 0 Å². The van der Waals surface area contributed by atoms with Gasteiger partial charge in [0.15, 0.2) is 0 Å². The smallest absolute Gasteiger partial charge is 0.426 e. The lowest BCUT2D eigenvalue weighted by atomic mass is 10.1. The second-order valence-electron chi connectivity index (χ2n) is 4.18. The summed E-state index contributed by atoms with van der Waals surface area (Å²) in [7, 11) is 0. The van der Waals surface area contributed by atoms with Gasteiger partial charge in [0, 0.05) is 0 Å². The van der Waals surface area contributed by atoms with Crippen LogP contribution in [0.4, 0.5) is 13.2 Å². The van der Waals surface area contributed by atoms with Crippen LogP contribution in [0, 0.1) is 17.3 Å². The molecule has 0 unspecified atom stereocenters. The number of rotatable bonds is 2. The Morgan fingerprint density at radius 3 is 2.20 bits per heavy atom. The predicted octanol–water partition coefficient (Wildman–Crippen LogP) is 3.03. The van der Waals surface area contributed by atoms with Gasteiger partial charge in [-0.15, -0.1) is 0 Å². The molecule has 1 rings (SSSR count). The first-order valence-electron chi connectivity index (χ1n) is 4.26. The summed E-state index contributed by atoms with van der Waals surface area (Å²) in [5.74, 6) is -2.52. The zero-order valence-corrected chi connectivity index (χ0v) is 8.86. The maximum absolute atomic E-state index is 12.1. The molecule has 1 aliphatic rings. The maximum Gasteiger partial charge on any atom is 0.426 e. The second-order valence-corrected chi connectivity index (χ2v) is 4.58. The van der Waals surface area contributed by atoms with Crippen molar-refractivity contribution in [2.75, 3.05) is 0 Å². The van der Waals surface area contributed by atoms with E-state index in [0.717, 1.165) is 6.08 Å². The summed E-state index contributed by atoms with van der Waals surface area (Å²) in [6, 6.07) is 0. The Bertz CT molecular complexity index is 320. The van der Waals surface area contributed by atoms with Gasteiger partial charge in [-0.25, -0.2) is 0 Å².